The molecule has 1 unspecified atom stereocenters. The molecule has 2 heteroatoms. The summed E-state index contributed by atoms with van der Waals surface area (Å²) in [6.07, 6.45) is 11.9. The van der Waals surface area contributed by atoms with Crippen LogP contribution in [0.1, 0.15) is 51.9 Å². The van der Waals surface area contributed by atoms with Gasteiger partial charge in [-0.15, -0.1) is 0 Å². The highest BCUT2D eigenvalue weighted by Crippen LogP contribution is 2.21. The molecule has 0 aromatic heterocycles. The summed E-state index contributed by atoms with van der Waals surface area (Å²) < 4.78 is 0. The van der Waals surface area contributed by atoms with E-state index in [4.69, 9.17) is 0 Å². The highest BCUT2D eigenvalue weighted by atomic mass is 15.2. The Bertz CT molecular complexity index is 247. The second-order valence-electron chi connectivity index (χ2n) is 5.60. The maximum absolute atomic E-state index is 3.64. The van der Waals surface area contributed by atoms with Crippen molar-refractivity contribution in [3.05, 3.63) is 11.6 Å². The fourth-order valence-corrected chi connectivity index (χ4v) is 2.98. The lowest BCUT2D eigenvalue weighted by Gasteiger charge is -2.19. The first kappa shape index (κ1) is 13.1. The molecular weight excluding hydrogens is 208 g/mol. The van der Waals surface area contributed by atoms with Crippen LogP contribution in [-0.2, 0) is 0 Å². The van der Waals surface area contributed by atoms with Gasteiger partial charge in [0.2, 0.25) is 0 Å². The Balaban J connectivity index is 1.62. The van der Waals surface area contributed by atoms with Crippen molar-refractivity contribution in [3.8, 4) is 0 Å². The quantitative estimate of drug-likeness (QED) is 0.713. The molecule has 1 heterocycles. The summed E-state index contributed by atoms with van der Waals surface area (Å²) in [5, 5.41) is 3.64. The minimum absolute atomic E-state index is 0.760. The molecule has 0 aromatic rings. The SMILES string of the molecule is CCCNC1CCN(CCC2=CCCCC2)C1. The Morgan fingerprint density at radius 2 is 2.35 bits per heavy atom. The van der Waals surface area contributed by atoms with Crippen LogP contribution in [0.3, 0.4) is 0 Å². The van der Waals surface area contributed by atoms with Gasteiger partial charge < -0.3 is 10.2 Å². The fourth-order valence-electron chi connectivity index (χ4n) is 2.98. The highest BCUT2D eigenvalue weighted by Gasteiger charge is 2.21. The highest BCUT2D eigenvalue weighted by molar-refractivity contribution is 5.05. The van der Waals surface area contributed by atoms with E-state index in [1.165, 1.54) is 71.1 Å². The van der Waals surface area contributed by atoms with E-state index in [9.17, 15) is 0 Å². The molecular formula is C15H28N2. The molecule has 2 nitrogen and oxygen atoms in total. The predicted molar refractivity (Wildman–Crippen MR) is 74.3 cm³/mol. The van der Waals surface area contributed by atoms with Gasteiger partial charge in [-0.2, -0.15) is 0 Å². The first-order valence-electron chi connectivity index (χ1n) is 7.52. The summed E-state index contributed by atoms with van der Waals surface area (Å²) in [4.78, 5) is 2.64. The van der Waals surface area contributed by atoms with Crippen LogP contribution in [0.25, 0.3) is 0 Å². The molecule has 17 heavy (non-hydrogen) atoms. The van der Waals surface area contributed by atoms with E-state index in [0.29, 0.717) is 0 Å². The van der Waals surface area contributed by atoms with Crippen molar-refractivity contribution in [1.29, 1.82) is 0 Å². The normalized spacial score (nSPS) is 26.2. The first-order chi connectivity index (χ1) is 8.38. The molecule has 0 aromatic carbocycles. The van der Waals surface area contributed by atoms with Crippen LogP contribution < -0.4 is 5.32 Å². The van der Waals surface area contributed by atoms with E-state index in [2.05, 4.69) is 23.2 Å². The molecule has 1 N–H and O–H groups in total. The standard InChI is InChI=1S/C15H28N2/c1-2-10-16-15-9-12-17(13-15)11-8-14-6-4-3-5-7-14/h6,15-16H,2-5,7-13H2,1H3. The Labute approximate surface area is 106 Å². The zero-order chi connectivity index (χ0) is 11.9. The molecule has 1 saturated heterocycles. The lowest BCUT2D eigenvalue weighted by Crippen LogP contribution is -2.33. The average Bonchev–Trinajstić information content (AvgIpc) is 2.83. The maximum atomic E-state index is 3.64. The third-order valence-electron chi connectivity index (χ3n) is 4.09. The monoisotopic (exact) mass is 236 g/mol. The smallest absolute Gasteiger partial charge is 0.0207 e. The Kier molecular flexibility index (Phi) is 5.53. The molecule has 1 fully saturated rings. The van der Waals surface area contributed by atoms with Gasteiger partial charge >= 0.3 is 0 Å². The van der Waals surface area contributed by atoms with Crippen LogP contribution in [0.2, 0.25) is 0 Å². The Morgan fingerprint density at radius 3 is 3.12 bits per heavy atom. The van der Waals surface area contributed by atoms with Gasteiger partial charge in [-0.25, -0.2) is 0 Å². The summed E-state index contributed by atoms with van der Waals surface area (Å²) >= 11 is 0. The van der Waals surface area contributed by atoms with E-state index in [1.807, 2.05) is 0 Å². The Morgan fingerprint density at radius 1 is 1.41 bits per heavy atom. The van der Waals surface area contributed by atoms with Gasteiger partial charge in [-0.3, -0.25) is 0 Å². The van der Waals surface area contributed by atoms with Crippen LogP contribution in [0.5, 0.6) is 0 Å². The van der Waals surface area contributed by atoms with Gasteiger partial charge in [0.25, 0.3) is 0 Å². The van der Waals surface area contributed by atoms with Gasteiger partial charge in [0.15, 0.2) is 0 Å². The van der Waals surface area contributed by atoms with Crippen molar-refractivity contribution in [2.45, 2.75) is 57.9 Å². The lowest BCUT2D eigenvalue weighted by molar-refractivity contribution is 0.329. The molecule has 0 saturated carbocycles. The molecule has 0 radical (unpaired) electrons. The largest absolute Gasteiger partial charge is 0.313 e. The van der Waals surface area contributed by atoms with Crippen molar-refractivity contribution in [2.75, 3.05) is 26.2 Å². The van der Waals surface area contributed by atoms with Crippen LogP contribution >= 0.6 is 0 Å². The van der Waals surface area contributed by atoms with Gasteiger partial charge in [0, 0.05) is 19.1 Å². The lowest BCUT2D eigenvalue weighted by atomic mass is 9.97. The van der Waals surface area contributed by atoms with Crippen LogP contribution in [0, 0.1) is 0 Å². The average molecular weight is 236 g/mol. The van der Waals surface area contributed by atoms with Crippen LogP contribution in [0.15, 0.2) is 11.6 Å². The van der Waals surface area contributed by atoms with Gasteiger partial charge in [-0.05, 0) is 58.0 Å². The predicted octanol–water partition coefficient (Wildman–Crippen LogP) is 2.95. The molecule has 98 valence electrons. The van der Waals surface area contributed by atoms with Gasteiger partial charge in [-0.1, -0.05) is 18.6 Å². The maximum Gasteiger partial charge on any atom is 0.0207 e. The fraction of sp³-hybridized carbons (Fsp3) is 0.867. The van der Waals surface area contributed by atoms with Crippen LogP contribution in [0.4, 0.5) is 0 Å². The Hall–Kier alpha value is -0.340. The molecule has 1 aliphatic heterocycles. The summed E-state index contributed by atoms with van der Waals surface area (Å²) in [6.45, 7) is 7.29. The van der Waals surface area contributed by atoms with E-state index in [0.717, 1.165) is 6.04 Å². The van der Waals surface area contributed by atoms with E-state index in [1.54, 1.807) is 5.57 Å². The second-order valence-corrected chi connectivity index (χ2v) is 5.60. The molecule has 2 rings (SSSR count). The van der Waals surface area contributed by atoms with E-state index < -0.39 is 0 Å². The molecule has 0 amide bonds. The number of rotatable bonds is 6. The zero-order valence-corrected chi connectivity index (χ0v) is 11.4. The van der Waals surface area contributed by atoms with Crippen LogP contribution in [-0.4, -0.2) is 37.1 Å². The number of nitrogens with zero attached hydrogens (tertiary/aromatic N) is 1. The summed E-state index contributed by atoms with van der Waals surface area (Å²) in [5.41, 5.74) is 1.72. The molecule has 1 aliphatic carbocycles. The van der Waals surface area contributed by atoms with E-state index in [-0.39, 0.29) is 0 Å². The molecule has 2 aliphatic rings. The minimum Gasteiger partial charge on any atom is -0.313 e. The summed E-state index contributed by atoms with van der Waals surface area (Å²) in [5.74, 6) is 0. The van der Waals surface area contributed by atoms with E-state index >= 15 is 0 Å². The number of hydrogen-bond donors (Lipinski definition) is 1. The second kappa shape index (κ2) is 7.17. The molecule has 0 bridgehead atoms. The van der Waals surface area contributed by atoms with Gasteiger partial charge in [0.05, 0.1) is 0 Å². The van der Waals surface area contributed by atoms with Crippen molar-refractivity contribution in [2.24, 2.45) is 0 Å². The number of allylic oxidation sites excluding steroid dienone is 1. The van der Waals surface area contributed by atoms with Gasteiger partial charge in [0.1, 0.15) is 0 Å². The van der Waals surface area contributed by atoms with Crippen molar-refractivity contribution in [1.82, 2.24) is 10.2 Å². The minimum atomic E-state index is 0.760. The molecule has 1 atom stereocenters. The number of nitrogens with one attached hydrogen (secondary N) is 1. The number of hydrogen-bond acceptors (Lipinski definition) is 2. The third kappa shape index (κ3) is 4.44. The summed E-state index contributed by atoms with van der Waals surface area (Å²) in [6, 6.07) is 0.760. The van der Waals surface area contributed by atoms with Crippen molar-refractivity contribution >= 4 is 0 Å². The first-order valence-corrected chi connectivity index (χ1v) is 7.52. The van der Waals surface area contributed by atoms with Crippen molar-refractivity contribution < 1.29 is 0 Å². The zero-order valence-electron chi connectivity index (χ0n) is 11.4. The summed E-state index contributed by atoms with van der Waals surface area (Å²) in [7, 11) is 0. The molecule has 0 spiro atoms. The third-order valence-corrected chi connectivity index (χ3v) is 4.09. The van der Waals surface area contributed by atoms with Crippen molar-refractivity contribution in [3.63, 3.8) is 0 Å². The number of likely N-dealkylation sites (tertiary alicyclic amines) is 1. The topological polar surface area (TPSA) is 15.3 Å².